The average Bonchev–Trinajstić information content (AvgIpc) is 2.61. The Morgan fingerprint density at radius 1 is 1.15 bits per heavy atom. The van der Waals surface area contributed by atoms with Crippen molar-refractivity contribution in [2.75, 3.05) is 6.54 Å². The largest absolute Gasteiger partial charge is 0.355 e. The van der Waals surface area contributed by atoms with E-state index in [2.05, 4.69) is 21.2 Å². The number of hydrogen-bond acceptors (Lipinski definition) is 2. The number of halogens is 2. The molecule has 2 aromatic rings. The summed E-state index contributed by atoms with van der Waals surface area (Å²) < 4.78 is 14.0. The standard InChI is InChI=1S/C20H22BrFN2O2/c1-3-23-20(26)14(2)24(13-16-5-4-6-17(21)11-16)19(25)12-15-7-9-18(22)10-8-15/h4-11,14H,3,12-13H2,1-2H3,(H,23,26). The molecule has 0 aliphatic rings. The van der Waals surface area contributed by atoms with Gasteiger partial charge in [0, 0.05) is 17.6 Å². The molecule has 6 heteroatoms. The van der Waals surface area contributed by atoms with Gasteiger partial charge < -0.3 is 10.2 Å². The molecule has 2 aromatic carbocycles. The second-order valence-corrected chi connectivity index (χ2v) is 6.94. The molecule has 0 spiro atoms. The highest BCUT2D eigenvalue weighted by molar-refractivity contribution is 9.10. The van der Waals surface area contributed by atoms with E-state index in [4.69, 9.17) is 0 Å². The Hall–Kier alpha value is -2.21. The summed E-state index contributed by atoms with van der Waals surface area (Å²) in [5, 5.41) is 2.76. The summed E-state index contributed by atoms with van der Waals surface area (Å²) in [5.74, 6) is -0.729. The van der Waals surface area contributed by atoms with Crippen LogP contribution >= 0.6 is 15.9 Å². The van der Waals surface area contributed by atoms with Gasteiger partial charge in [-0.2, -0.15) is 0 Å². The van der Waals surface area contributed by atoms with Crippen molar-refractivity contribution < 1.29 is 14.0 Å². The summed E-state index contributed by atoms with van der Waals surface area (Å²) in [4.78, 5) is 26.7. The fraction of sp³-hybridized carbons (Fsp3) is 0.300. The second kappa shape index (κ2) is 9.48. The number of benzene rings is 2. The van der Waals surface area contributed by atoms with Crippen molar-refractivity contribution in [1.82, 2.24) is 10.2 Å². The zero-order valence-electron chi connectivity index (χ0n) is 14.8. The van der Waals surface area contributed by atoms with Gasteiger partial charge in [0.2, 0.25) is 11.8 Å². The quantitative estimate of drug-likeness (QED) is 0.742. The fourth-order valence-corrected chi connectivity index (χ4v) is 3.06. The third-order valence-corrected chi connectivity index (χ3v) is 4.52. The van der Waals surface area contributed by atoms with E-state index in [9.17, 15) is 14.0 Å². The molecule has 0 saturated heterocycles. The molecule has 1 N–H and O–H groups in total. The van der Waals surface area contributed by atoms with E-state index in [1.54, 1.807) is 24.0 Å². The van der Waals surface area contributed by atoms with Crippen LogP contribution in [0.15, 0.2) is 53.0 Å². The zero-order chi connectivity index (χ0) is 19.1. The van der Waals surface area contributed by atoms with Crippen LogP contribution < -0.4 is 5.32 Å². The van der Waals surface area contributed by atoms with E-state index in [0.717, 1.165) is 10.0 Å². The van der Waals surface area contributed by atoms with Crippen molar-refractivity contribution in [3.63, 3.8) is 0 Å². The van der Waals surface area contributed by atoms with Gasteiger partial charge in [-0.15, -0.1) is 0 Å². The molecule has 2 rings (SSSR count). The van der Waals surface area contributed by atoms with Gasteiger partial charge in [-0.1, -0.05) is 40.2 Å². The number of carbonyl (C=O) groups excluding carboxylic acids is 2. The second-order valence-electron chi connectivity index (χ2n) is 6.03. The Kier molecular flexibility index (Phi) is 7.33. The normalized spacial score (nSPS) is 11.7. The lowest BCUT2D eigenvalue weighted by atomic mass is 10.1. The number of carbonyl (C=O) groups is 2. The van der Waals surface area contributed by atoms with Crippen molar-refractivity contribution in [3.05, 3.63) is 69.9 Å². The number of amides is 2. The lowest BCUT2D eigenvalue weighted by Crippen LogP contribution is -2.48. The van der Waals surface area contributed by atoms with Crippen LogP contribution in [-0.2, 0) is 22.6 Å². The van der Waals surface area contributed by atoms with Crippen LogP contribution in [0.25, 0.3) is 0 Å². The summed E-state index contributed by atoms with van der Waals surface area (Å²) in [6, 6.07) is 12.8. The summed E-state index contributed by atoms with van der Waals surface area (Å²) >= 11 is 3.42. The molecule has 0 fully saturated rings. The summed E-state index contributed by atoms with van der Waals surface area (Å²) in [5.41, 5.74) is 1.63. The lowest BCUT2D eigenvalue weighted by Gasteiger charge is -2.29. The third-order valence-electron chi connectivity index (χ3n) is 4.03. The van der Waals surface area contributed by atoms with Gasteiger partial charge in [-0.05, 0) is 49.2 Å². The Labute approximate surface area is 161 Å². The summed E-state index contributed by atoms with van der Waals surface area (Å²) in [6.45, 7) is 4.37. The van der Waals surface area contributed by atoms with Gasteiger partial charge in [-0.25, -0.2) is 4.39 Å². The molecule has 0 aliphatic heterocycles. The number of hydrogen-bond donors (Lipinski definition) is 1. The average molecular weight is 421 g/mol. The SMILES string of the molecule is CCNC(=O)C(C)N(Cc1cccc(Br)c1)C(=O)Cc1ccc(F)cc1. The van der Waals surface area contributed by atoms with Crippen LogP contribution in [0, 0.1) is 5.82 Å². The van der Waals surface area contributed by atoms with Crippen molar-refractivity contribution in [2.24, 2.45) is 0 Å². The summed E-state index contributed by atoms with van der Waals surface area (Å²) in [7, 11) is 0. The van der Waals surface area contributed by atoms with Crippen LogP contribution in [0.5, 0.6) is 0 Å². The Bertz CT molecular complexity index is 765. The van der Waals surface area contributed by atoms with E-state index in [1.165, 1.54) is 12.1 Å². The molecule has 1 atom stereocenters. The first-order valence-electron chi connectivity index (χ1n) is 8.46. The first-order valence-corrected chi connectivity index (χ1v) is 9.26. The van der Waals surface area contributed by atoms with Crippen LogP contribution in [-0.4, -0.2) is 29.3 Å². The van der Waals surface area contributed by atoms with Gasteiger partial charge in [0.05, 0.1) is 6.42 Å². The minimum absolute atomic E-state index is 0.109. The van der Waals surface area contributed by atoms with E-state index < -0.39 is 6.04 Å². The van der Waals surface area contributed by atoms with E-state index in [0.29, 0.717) is 18.7 Å². The fourth-order valence-electron chi connectivity index (χ4n) is 2.62. The third kappa shape index (κ3) is 5.66. The number of nitrogens with one attached hydrogen (secondary N) is 1. The van der Waals surface area contributed by atoms with E-state index >= 15 is 0 Å². The zero-order valence-corrected chi connectivity index (χ0v) is 16.4. The molecule has 0 heterocycles. The Morgan fingerprint density at radius 2 is 1.85 bits per heavy atom. The Balaban J connectivity index is 2.21. The van der Waals surface area contributed by atoms with Crippen LogP contribution in [0.2, 0.25) is 0 Å². The molecule has 26 heavy (non-hydrogen) atoms. The number of nitrogens with zero attached hydrogens (tertiary/aromatic N) is 1. The molecular weight excluding hydrogens is 399 g/mol. The maximum Gasteiger partial charge on any atom is 0.242 e. The van der Waals surface area contributed by atoms with E-state index in [-0.39, 0.29) is 24.1 Å². The highest BCUT2D eigenvalue weighted by Gasteiger charge is 2.25. The molecule has 0 radical (unpaired) electrons. The summed E-state index contributed by atoms with van der Waals surface area (Å²) in [6.07, 6.45) is 0.109. The molecule has 0 bridgehead atoms. The van der Waals surface area contributed by atoms with Crippen LogP contribution in [0.4, 0.5) is 4.39 Å². The maximum absolute atomic E-state index is 13.1. The van der Waals surface area contributed by atoms with E-state index in [1.807, 2.05) is 31.2 Å². The molecular formula is C20H22BrFN2O2. The smallest absolute Gasteiger partial charge is 0.242 e. The Morgan fingerprint density at radius 3 is 2.46 bits per heavy atom. The first kappa shape index (κ1) is 20.1. The number of rotatable bonds is 7. The molecule has 0 saturated carbocycles. The topological polar surface area (TPSA) is 49.4 Å². The van der Waals surface area contributed by atoms with Crippen molar-refractivity contribution in [2.45, 2.75) is 32.9 Å². The van der Waals surface area contributed by atoms with Gasteiger partial charge in [0.25, 0.3) is 0 Å². The van der Waals surface area contributed by atoms with Gasteiger partial charge in [0.1, 0.15) is 11.9 Å². The van der Waals surface area contributed by atoms with Crippen molar-refractivity contribution >= 4 is 27.7 Å². The first-order chi connectivity index (χ1) is 12.4. The van der Waals surface area contributed by atoms with Gasteiger partial charge in [0.15, 0.2) is 0 Å². The predicted molar refractivity (Wildman–Crippen MR) is 103 cm³/mol. The van der Waals surface area contributed by atoms with Crippen molar-refractivity contribution in [1.29, 1.82) is 0 Å². The molecule has 0 aromatic heterocycles. The highest BCUT2D eigenvalue weighted by Crippen LogP contribution is 2.16. The minimum atomic E-state index is -0.609. The molecule has 4 nitrogen and oxygen atoms in total. The molecule has 0 aliphatic carbocycles. The van der Waals surface area contributed by atoms with Gasteiger partial charge in [-0.3, -0.25) is 9.59 Å². The predicted octanol–water partition coefficient (Wildman–Crippen LogP) is 3.68. The molecule has 138 valence electrons. The van der Waals surface area contributed by atoms with Gasteiger partial charge >= 0.3 is 0 Å². The molecule has 2 amide bonds. The van der Waals surface area contributed by atoms with Crippen LogP contribution in [0.1, 0.15) is 25.0 Å². The minimum Gasteiger partial charge on any atom is -0.355 e. The highest BCUT2D eigenvalue weighted by atomic mass is 79.9. The lowest BCUT2D eigenvalue weighted by molar-refractivity contribution is -0.140. The van der Waals surface area contributed by atoms with Crippen molar-refractivity contribution in [3.8, 4) is 0 Å². The monoisotopic (exact) mass is 420 g/mol. The number of likely N-dealkylation sites (N-methyl/N-ethyl adjacent to an activating group) is 1. The van der Waals surface area contributed by atoms with Crippen LogP contribution in [0.3, 0.4) is 0 Å². The molecule has 1 unspecified atom stereocenters. The maximum atomic E-state index is 13.1.